The number of hydrogen-bond acceptors (Lipinski definition) is 2. The van der Waals surface area contributed by atoms with Gasteiger partial charge in [-0.15, -0.1) is 0 Å². The van der Waals surface area contributed by atoms with Crippen molar-refractivity contribution in [2.75, 3.05) is 6.54 Å². The van der Waals surface area contributed by atoms with Crippen molar-refractivity contribution in [3.8, 4) is 0 Å². The molecule has 1 aliphatic rings. The molecular weight excluding hydrogens is 112 g/mol. The largest absolute Gasteiger partial charge is 0.326 e. The summed E-state index contributed by atoms with van der Waals surface area (Å²) in [5, 5.41) is 3.38. The molecule has 0 aliphatic carbocycles. The molecule has 0 aromatic rings. The highest BCUT2D eigenvalue weighted by Gasteiger charge is 2.18. The fourth-order valence-electron chi connectivity index (χ4n) is 1.42. The van der Waals surface area contributed by atoms with Gasteiger partial charge in [0.1, 0.15) is 0 Å². The summed E-state index contributed by atoms with van der Waals surface area (Å²) in [5.41, 5.74) is 5.69. The minimum atomic E-state index is 0.418. The Kier molecular flexibility index (Phi) is 2.49. The van der Waals surface area contributed by atoms with Crippen LogP contribution in [-0.2, 0) is 0 Å². The first-order chi connectivity index (χ1) is 4.33. The Labute approximate surface area is 56.8 Å². The molecule has 9 heavy (non-hydrogen) atoms. The van der Waals surface area contributed by atoms with Gasteiger partial charge in [-0.05, 0) is 12.8 Å². The van der Waals surface area contributed by atoms with Crippen LogP contribution in [0, 0.1) is 0 Å². The van der Waals surface area contributed by atoms with E-state index in [0.717, 1.165) is 6.54 Å². The number of rotatable bonds is 2. The van der Waals surface area contributed by atoms with E-state index in [1.165, 1.54) is 19.3 Å². The summed E-state index contributed by atoms with van der Waals surface area (Å²) in [7, 11) is 0. The molecule has 1 rings (SSSR count). The first-order valence-electron chi connectivity index (χ1n) is 3.82. The fraction of sp³-hybridized carbons (Fsp3) is 1.00. The lowest BCUT2D eigenvalue weighted by atomic mass is 10.1. The van der Waals surface area contributed by atoms with Gasteiger partial charge in [0.25, 0.3) is 0 Å². The van der Waals surface area contributed by atoms with Crippen LogP contribution in [0.1, 0.15) is 26.2 Å². The van der Waals surface area contributed by atoms with Crippen molar-refractivity contribution in [1.29, 1.82) is 0 Å². The molecule has 0 unspecified atom stereocenters. The zero-order chi connectivity index (χ0) is 6.69. The van der Waals surface area contributed by atoms with E-state index < -0.39 is 0 Å². The van der Waals surface area contributed by atoms with Crippen LogP contribution in [0.3, 0.4) is 0 Å². The van der Waals surface area contributed by atoms with Gasteiger partial charge in [-0.25, -0.2) is 0 Å². The third-order valence-electron chi connectivity index (χ3n) is 1.89. The van der Waals surface area contributed by atoms with Gasteiger partial charge in [-0.3, -0.25) is 0 Å². The van der Waals surface area contributed by atoms with E-state index in [1.807, 2.05) is 0 Å². The van der Waals surface area contributed by atoms with E-state index in [1.54, 1.807) is 0 Å². The molecule has 0 aromatic heterocycles. The highest BCUT2D eigenvalue weighted by Crippen LogP contribution is 2.09. The van der Waals surface area contributed by atoms with E-state index in [-0.39, 0.29) is 0 Å². The molecule has 2 atom stereocenters. The van der Waals surface area contributed by atoms with Gasteiger partial charge in [0.05, 0.1) is 0 Å². The van der Waals surface area contributed by atoms with Crippen LogP contribution in [-0.4, -0.2) is 18.6 Å². The molecule has 54 valence electrons. The van der Waals surface area contributed by atoms with E-state index in [9.17, 15) is 0 Å². The van der Waals surface area contributed by atoms with Gasteiger partial charge >= 0.3 is 0 Å². The normalized spacial score (nSPS) is 35.3. The summed E-state index contributed by atoms with van der Waals surface area (Å²) in [6, 6.07) is 1.13. The van der Waals surface area contributed by atoms with Crippen molar-refractivity contribution in [3.63, 3.8) is 0 Å². The third kappa shape index (κ3) is 1.95. The molecule has 0 saturated carbocycles. The van der Waals surface area contributed by atoms with E-state index in [2.05, 4.69) is 12.2 Å². The SMILES string of the molecule is CCC[C@@H]1C[C@H](N)CN1. The monoisotopic (exact) mass is 128 g/mol. The maximum atomic E-state index is 5.69. The lowest BCUT2D eigenvalue weighted by Crippen LogP contribution is -2.23. The summed E-state index contributed by atoms with van der Waals surface area (Å²) in [4.78, 5) is 0. The Hall–Kier alpha value is -0.0800. The summed E-state index contributed by atoms with van der Waals surface area (Å²) in [5.74, 6) is 0. The summed E-state index contributed by atoms with van der Waals surface area (Å²) >= 11 is 0. The van der Waals surface area contributed by atoms with Crippen LogP contribution >= 0.6 is 0 Å². The van der Waals surface area contributed by atoms with Gasteiger partial charge < -0.3 is 11.1 Å². The quantitative estimate of drug-likeness (QED) is 0.567. The first-order valence-corrected chi connectivity index (χ1v) is 3.82. The van der Waals surface area contributed by atoms with Crippen LogP contribution in [0.15, 0.2) is 0 Å². The van der Waals surface area contributed by atoms with Gasteiger partial charge in [-0.1, -0.05) is 13.3 Å². The van der Waals surface area contributed by atoms with Crippen LogP contribution in [0.4, 0.5) is 0 Å². The van der Waals surface area contributed by atoms with Crippen LogP contribution in [0.25, 0.3) is 0 Å². The smallest absolute Gasteiger partial charge is 0.0180 e. The standard InChI is InChI=1S/C7H16N2/c1-2-3-7-4-6(8)5-9-7/h6-7,9H,2-5,8H2,1H3/t6-,7+/m0/s1. The molecular formula is C7H16N2. The number of nitrogens with two attached hydrogens (primary N) is 1. The molecule has 0 amide bonds. The maximum Gasteiger partial charge on any atom is 0.0180 e. The zero-order valence-corrected chi connectivity index (χ0v) is 6.06. The van der Waals surface area contributed by atoms with Crippen molar-refractivity contribution in [1.82, 2.24) is 5.32 Å². The highest BCUT2D eigenvalue weighted by atomic mass is 15.0. The second-order valence-corrected chi connectivity index (χ2v) is 2.89. The van der Waals surface area contributed by atoms with Crippen LogP contribution < -0.4 is 11.1 Å². The Morgan fingerprint density at radius 2 is 2.44 bits per heavy atom. The van der Waals surface area contributed by atoms with E-state index in [4.69, 9.17) is 5.73 Å². The Bertz CT molecular complexity index is 81.0. The third-order valence-corrected chi connectivity index (χ3v) is 1.89. The average Bonchev–Trinajstić information content (AvgIpc) is 2.17. The minimum absolute atomic E-state index is 0.418. The summed E-state index contributed by atoms with van der Waals surface area (Å²) < 4.78 is 0. The molecule has 1 fully saturated rings. The molecule has 1 heterocycles. The minimum Gasteiger partial charge on any atom is -0.326 e. The molecule has 0 bridgehead atoms. The molecule has 0 spiro atoms. The molecule has 2 heteroatoms. The topological polar surface area (TPSA) is 38.0 Å². The average molecular weight is 128 g/mol. The van der Waals surface area contributed by atoms with Gasteiger partial charge in [0, 0.05) is 18.6 Å². The lowest BCUT2D eigenvalue weighted by Gasteiger charge is -2.05. The number of hydrogen-bond donors (Lipinski definition) is 2. The lowest BCUT2D eigenvalue weighted by molar-refractivity contribution is 0.547. The van der Waals surface area contributed by atoms with Crippen molar-refractivity contribution in [3.05, 3.63) is 0 Å². The van der Waals surface area contributed by atoms with Crippen molar-refractivity contribution < 1.29 is 0 Å². The fourth-order valence-corrected chi connectivity index (χ4v) is 1.42. The van der Waals surface area contributed by atoms with Gasteiger partial charge in [0.2, 0.25) is 0 Å². The molecule has 1 saturated heterocycles. The zero-order valence-electron chi connectivity index (χ0n) is 6.06. The van der Waals surface area contributed by atoms with Crippen LogP contribution in [0.2, 0.25) is 0 Å². The predicted octanol–water partition coefficient (Wildman–Crippen LogP) is 0.476. The van der Waals surface area contributed by atoms with E-state index in [0.29, 0.717) is 12.1 Å². The first kappa shape index (κ1) is 7.03. The van der Waals surface area contributed by atoms with E-state index >= 15 is 0 Å². The second kappa shape index (κ2) is 3.18. The predicted molar refractivity (Wildman–Crippen MR) is 39.3 cm³/mol. The van der Waals surface area contributed by atoms with Crippen LogP contribution in [0.5, 0.6) is 0 Å². The Morgan fingerprint density at radius 1 is 1.67 bits per heavy atom. The molecule has 0 radical (unpaired) electrons. The maximum absolute atomic E-state index is 5.69. The van der Waals surface area contributed by atoms with Crippen molar-refractivity contribution in [2.24, 2.45) is 5.73 Å². The molecule has 1 aliphatic heterocycles. The van der Waals surface area contributed by atoms with Gasteiger partial charge in [-0.2, -0.15) is 0 Å². The Balaban J connectivity index is 2.14. The number of nitrogens with one attached hydrogen (secondary N) is 1. The summed E-state index contributed by atoms with van der Waals surface area (Å²) in [6.45, 7) is 3.23. The van der Waals surface area contributed by atoms with Crippen molar-refractivity contribution >= 4 is 0 Å². The summed E-state index contributed by atoms with van der Waals surface area (Å²) in [6.07, 6.45) is 3.73. The molecule has 0 aromatic carbocycles. The Morgan fingerprint density at radius 3 is 2.89 bits per heavy atom. The molecule has 2 nitrogen and oxygen atoms in total. The molecule has 3 N–H and O–H groups in total. The van der Waals surface area contributed by atoms with Crippen molar-refractivity contribution in [2.45, 2.75) is 38.3 Å². The highest BCUT2D eigenvalue weighted by molar-refractivity contribution is 4.82. The second-order valence-electron chi connectivity index (χ2n) is 2.89. The van der Waals surface area contributed by atoms with Gasteiger partial charge in [0.15, 0.2) is 0 Å².